The molecular weight excluding hydrogens is 797 g/mol. The first-order chi connectivity index (χ1) is 28.7. The van der Waals surface area contributed by atoms with Crippen molar-refractivity contribution in [1.82, 2.24) is 20.9 Å². The molecule has 10 atom stereocenters. The highest BCUT2D eigenvalue weighted by Gasteiger charge is 2.44. The molecule has 0 radical (unpaired) electrons. The predicted octanol–water partition coefficient (Wildman–Crippen LogP) is 9.85. The van der Waals surface area contributed by atoms with Crippen LogP contribution < -0.4 is 16.0 Å². The SMILES string of the molecule is CC(C)(C)NC(=O)[C@@H]1C[C@@H]2CCCC[C@@H]2CN1.CC[C@@H](C[C@@H](CC)C(=O)O)O[Si](C)(C)C(C)(C)C.CC[C@@H](O)C[C@@H](CC)C(=O)N1C[C@H]2CCCC[C@H]2C[C@H]1C(=O)NC(C)(C)C. The van der Waals surface area contributed by atoms with Crippen molar-refractivity contribution in [2.75, 3.05) is 13.1 Å². The summed E-state index contributed by atoms with van der Waals surface area (Å²) in [5.41, 5.74) is -0.431. The molecule has 0 aromatic carbocycles. The Morgan fingerprint density at radius 3 is 1.66 bits per heavy atom. The van der Waals surface area contributed by atoms with E-state index in [1.54, 1.807) is 0 Å². The van der Waals surface area contributed by atoms with Crippen LogP contribution in [0, 0.1) is 35.5 Å². The van der Waals surface area contributed by atoms with Gasteiger partial charge in [0.05, 0.1) is 18.1 Å². The second kappa shape index (κ2) is 25.0. The first-order valence-electron chi connectivity index (χ1n) is 24.9. The van der Waals surface area contributed by atoms with E-state index in [1.807, 2.05) is 67.2 Å². The Kier molecular flexibility index (Phi) is 22.7. The summed E-state index contributed by atoms with van der Waals surface area (Å²) in [5, 5.41) is 29.0. The van der Waals surface area contributed by atoms with Gasteiger partial charge in [0, 0.05) is 29.6 Å². The van der Waals surface area contributed by atoms with Crippen LogP contribution in [0.5, 0.6) is 0 Å². The van der Waals surface area contributed by atoms with Crippen molar-refractivity contribution in [3.8, 4) is 0 Å². The fourth-order valence-electron chi connectivity index (χ4n) is 9.60. The minimum absolute atomic E-state index is 0.0224. The summed E-state index contributed by atoms with van der Waals surface area (Å²) in [6, 6.07) is -0.336. The maximum absolute atomic E-state index is 13.4. The summed E-state index contributed by atoms with van der Waals surface area (Å²) in [5.74, 6) is 1.72. The summed E-state index contributed by atoms with van der Waals surface area (Å²) in [6.07, 6.45) is 15.7. The molecule has 2 aliphatic carbocycles. The van der Waals surface area contributed by atoms with E-state index in [2.05, 4.69) is 56.7 Å². The maximum Gasteiger partial charge on any atom is 0.306 e. The number of carbonyl (C=O) groups is 4. The normalized spacial score (nSPS) is 26.4. The molecule has 2 saturated heterocycles. The lowest BCUT2D eigenvalue weighted by atomic mass is 9.72. The lowest BCUT2D eigenvalue weighted by Crippen LogP contribution is -2.60. The number of carboxylic acids is 1. The lowest BCUT2D eigenvalue weighted by molar-refractivity contribution is -0.150. The Morgan fingerprint density at radius 1 is 0.694 bits per heavy atom. The van der Waals surface area contributed by atoms with Crippen LogP contribution in [-0.2, 0) is 23.6 Å². The molecule has 0 aromatic heterocycles. The Morgan fingerprint density at radius 2 is 1.19 bits per heavy atom. The number of hydrogen-bond acceptors (Lipinski definition) is 7. The minimum Gasteiger partial charge on any atom is -0.481 e. The van der Waals surface area contributed by atoms with E-state index in [0.29, 0.717) is 50.5 Å². The number of carbonyl (C=O) groups excluding carboxylic acids is 3. The third kappa shape index (κ3) is 18.5. The summed E-state index contributed by atoms with van der Waals surface area (Å²) in [4.78, 5) is 51.5. The smallest absolute Gasteiger partial charge is 0.306 e. The number of fused-ring (bicyclic) bond motifs is 2. The Labute approximate surface area is 380 Å². The average molecular weight is 893 g/mol. The van der Waals surface area contributed by atoms with Gasteiger partial charge in [0.25, 0.3) is 0 Å². The van der Waals surface area contributed by atoms with Crippen molar-refractivity contribution < 1.29 is 33.8 Å². The van der Waals surface area contributed by atoms with Crippen LogP contribution in [0.4, 0.5) is 0 Å². The molecule has 0 spiro atoms. The largest absolute Gasteiger partial charge is 0.481 e. The lowest BCUT2D eigenvalue weighted by Gasteiger charge is -2.47. The van der Waals surface area contributed by atoms with E-state index in [4.69, 9.17) is 9.53 Å². The fourth-order valence-corrected chi connectivity index (χ4v) is 11.0. The Hall–Kier alpha value is -2.02. The number of carboxylic acid groups (broad SMARTS) is 1. The van der Waals surface area contributed by atoms with Gasteiger partial charge >= 0.3 is 5.97 Å². The molecule has 0 unspecified atom stereocenters. The van der Waals surface area contributed by atoms with Crippen molar-refractivity contribution in [3.05, 3.63) is 0 Å². The maximum atomic E-state index is 13.4. The second-order valence-corrected chi connectivity index (χ2v) is 27.8. The molecular formula is C50H96N4O7Si. The highest BCUT2D eigenvalue weighted by molar-refractivity contribution is 6.74. The third-order valence-electron chi connectivity index (χ3n) is 14.5. The average Bonchev–Trinajstić information content (AvgIpc) is 3.18. The predicted molar refractivity (Wildman–Crippen MR) is 256 cm³/mol. The summed E-state index contributed by atoms with van der Waals surface area (Å²) >= 11 is 0. The molecule has 0 aromatic rings. The number of aliphatic carboxylic acids is 1. The van der Waals surface area contributed by atoms with E-state index >= 15 is 0 Å². The molecule has 4 fully saturated rings. The van der Waals surface area contributed by atoms with Gasteiger partial charge in [0.1, 0.15) is 6.04 Å². The van der Waals surface area contributed by atoms with Crippen LogP contribution in [0.2, 0.25) is 18.1 Å². The van der Waals surface area contributed by atoms with Crippen LogP contribution in [-0.4, -0.2) is 95.6 Å². The van der Waals surface area contributed by atoms with Crippen LogP contribution in [0.3, 0.4) is 0 Å². The number of nitrogens with zero attached hydrogens (tertiary/aromatic N) is 1. The number of aliphatic hydroxyl groups excluding tert-OH is 1. The molecule has 0 bridgehead atoms. The number of amides is 3. The van der Waals surface area contributed by atoms with E-state index in [9.17, 15) is 24.3 Å². The van der Waals surface area contributed by atoms with E-state index in [-0.39, 0.29) is 63.9 Å². The molecule has 12 heteroatoms. The van der Waals surface area contributed by atoms with Gasteiger partial charge in [0.2, 0.25) is 17.7 Å². The Balaban J connectivity index is 0.000000333. The van der Waals surface area contributed by atoms with E-state index < -0.39 is 20.4 Å². The molecule has 362 valence electrons. The highest BCUT2D eigenvalue weighted by Crippen LogP contribution is 2.41. The monoisotopic (exact) mass is 893 g/mol. The van der Waals surface area contributed by atoms with Gasteiger partial charge < -0.3 is 35.5 Å². The van der Waals surface area contributed by atoms with Crippen molar-refractivity contribution in [2.45, 2.75) is 246 Å². The summed E-state index contributed by atoms with van der Waals surface area (Å²) in [7, 11) is -1.80. The second-order valence-electron chi connectivity index (χ2n) is 23.0. The molecule has 2 heterocycles. The third-order valence-corrected chi connectivity index (χ3v) is 19.0. The standard InChI is InChI=1S/C22H40N2O3.C14H26N2O.C14H30O3Si/c1-6-15(12-18(25)7-2)21(27)24-14-17-11-9-8-10-16(17)13-19(24)20(26)23-22(3,4)5;1-14(2,3)16-13(17)12-8-10-6-4-5-7-11(10)9-15-12;1-8-11(13(15)16)10-12(9-2)17-18(6,7)14(3,4)5/h15-19,25H,6-14H2,1-5H3,(H,23,26);10-12,15H,4-9H2,1-3H3,(H,16,17);11-12H,8-10H2,1-7H3,(H,15,16)/t15-,16+,17-,18-,19+;10-,11+,12-;11-,12+/m101/s1. The van der Waals surface area contributed by atoms with Gasteiger partial charge in [-0.05, 0) is 154 Å². The molecule has 5 N–H and O–H groups in total. The number of aliphatic hydroxyl groups is 1. The van der Waals surface area contributed by atoms with Crippen LogP contribution >= 0.6 is 0 Å². The molecule has 11 nitrogen and oxygen atoms in total. The Bertz CT molecular complexity index is 1390. The van der Waals surface area contributed by atoms with Crippen LogP contribution in [0.25, 0.3) is 0 Å². The number of piperidine rings is 2. The van der Waals surface area contributed by atoms with Crippen molar-refractivity contribution in [1.29, 1.82) is 0 Å². The summed E-state index contributed by atoms with van der Waals surface area (Å²) in [6.45, 7) is 32.8. The van der Waals surface area contributed by atoms with Crippen molar-refractivity contribution in [3.63, 3.8) is 0 Å². The quantitative estimate of drug-likeness (QED) is 0.108. The molecule has 3 amide bonds. The van der Waals surface area contributed by atoms with Crippen molar-refractivity contribution >= 4 is 32.0 Å². The van der Waals surface area contributed by atoms with Gasteiger partial charge in [-0.15, -0.1) is 0 Å². The van der Waals surface area contributed by atoms with Crippen LogP contribution in [0.15, 0.2) is 0 Å². The van der Waals surface area contributed by atoms with Gasteiger partial charge in [0.15, 0.2) is 8.32 Å². The zero-order chi connectivity index (χ0) is 47.2. The number of rotatable bonds is 14. The van der Waals surface area contributed by atoms with Gasteiger partial charge in [-0.2, -0.15) is 0 Å². The molecule has 4 aliphatic rings. The molecule has 4 rings (SSSR count). The van der Waals surface area contributed by atoms with E-state index in [1.165, 1.54) is 44.9 Å². The number of hydrogen-bond donors (Lipinski definition) is 5. The fraction of sp³-hybridized carbons (Fsp3) is 0.920. The topological polar surface area (TPSA) is 157 Å². The molecule has 62 heavy (non-hydrogen) atoms. The first-order valence-corrected chi connectivity index (χ1v) is 27.8. The molecule has 2 aliphatic heterocycles. The van der Waals surface area contributed by atoms with Gasteiger partial charge in [-0.3, -0.25) is 19.2 Å². The van der Waals surface area contributed by atoms with Crippen molar-refractivity contribution in [2.24, 2.45) is 35.5 Å². The zero-order valence-corrected chi connectivity index (χ0v) is 43.4. The summed E-state index contributed by atoms with van der Waals surface area (Å²) < 4.78 is 6.31. The van der Waals surface area contributed by atoms with Gasteiger partial charge in [-0.25, -0.2) is 0 Å². The zero-order valence-electron chi connectivity index (χ0n) is 42.4. The van der Waals surface area contributed by atoms with Crippen LogP contribution in [0.1, 0.15) is 193 Å². The number of nitrogens with one attached hydrogen (secondary N) is 3. The first kappa shape index (κ1) is 56.1. The molecule has 2 saturated carbocycles. The van der Waals surface area contributed by atoms with Gasteiger partial charge in [-0.1, -0.05) is 87.0 Å². The highest BCUT2D eigenvalue weighted by atomic mass is 28.4. The number of likely N-dealkylation sites (tertiary alicyclic amines) is 1. The van der Waals surface area contributed by atoms with E-state index in [0.717, 1.165) is 44.1 Å². The minimum atomic E-state index is -1.80.